The second kappa shape index (κ2) is 4.87. The van der Waals surface area contributed by atoms with Gasteiger partial charge in [0.2, 0.25) is 5.95 Å². The van der Waals surface area contributed by atoms with Gasteiger partial charge in [0, 0.05) is 0 Å². The SMILES string of the molecule is C=CC1(CO)OC(n2cnc3c(=O)[nH]c(N)nc32)C(F)C1O. The van der Waals surface area contributed by atoms with Gasteiger partial charge in [-0.1, -0.05) is 6.08 Å². The van der Waals surface area contributed by atoms with Crippen molar-refractivity contribution < 1.29 is 19.3 Å². The van der Waals surface area contributed by atoms with Crippen molar-refractivity contribution in [2.75, 3.05) is 12.3 Å². The molecule has 10 heteroatoms. The van der Waals surface area contributed by atoms with Gasteiger partial charge >= 0.3 is 0 Å². The van der Waals surface area contributed by atoms with Crippen LogP contribution in [0.4, 0.5) is 10.3 Å². The number of halogens is 1. The molecule has 2 aromatic heterocycles. The van der Waals surface area contributed by atoms with Gasteiger partial charge in [0.05, 0.1) is 12.9 Å². The summed E-state index contributed by atoms with van der Waals surface area (Å²) in [4.78, 5) is 21.7. The lowest BCUT2D eigenvalue weighted by Crippen LogP contribution is -2.43. The summed E-state index contributed by atoms with van der Waals surface area (Å²) < 4.78 is 21.0. The van der Waals surface area contributed by atoms with Gasteiger partial charge in [-0.15, -0.1) is 6.58 Å². The van der Waals surface area contributed by atoms with E-state index >= 15 is 0 Å². The number of fused-ring (bicyclic) bond motifs is 1. The predicted octanol–water partition coefficient (Wildman–Crippen LogP) is -1.15. The lowest BCUT2D eigenvalue weighted by Gasteiger charge is -2.25. The number of anilines is 1. The Bertz CT molecular complexity index is 789. The molecule has 9 nitrogen and oxygen atoms in total. The number of alkyl halides is 1. The highest BCUT2D eigenvalue weighted by Crippen LogP contribution is 2.40. The maximum atomic E-state index is 14.4. The summed E-state index contributed by atoms with van der Waals surface area (Å²) in [6.45, 7) is 2.79. The topological polar surface area (TPSA) is 139 Å². The lowest BCUT2D eigenvalue weighted by atomic mass is 9.97. The molecule has 1 saturated heterocycles. The van der Waals surface area contributed by atoms with Crippen LogP contribution in [0.15, 0.2) is 23.8 Å². The summed E-state index contributed by atoms with van der Waals surface area (Å²) >= 11 is 0. The quantitative estimate of drug-likeness (QED) is 0.525. The summed E-state index contributed by atoms with van der Waals surface area (Å²) in [6, 6.07) is 0. The standard InChI is InChI=1S/C12H14FN5O4/c1-2-12(3-19)7(20)5(13)10(22-12)18-4-15-6-8(18)16-11(14)17-9(6)21/h2,4-5,7,10,19-20H,1,3H2,(H3,14,16,17,21). The van der Waals surface area contributed by atoms with Gasteiger partial charge in [-0.3, -0.25) is 14.3 Å². The summed E-state index contributed by atoms with van der Waals surface area (Å²) in [6.07, 6.45) is -2.55. The van der Waals surface area contributed by atoms with Crippen molar-refractivity contribution in [3.63, 3.8) is 0 Å². The molecule has 0 spiro atoms. The number of aromatic nitrogens is 4. The molecule has 5 N–H and O–H groups in total. The number of hydrogen-bond donors (Lipinski definition) is 4. The van der Waals surface area contributed by atoms with Crippen molar-refractivity contribution in [3.05, 3.63) is 29.3 Å². The molecule has 2 aromatic rings. The number of aliphatic hydroxyl groups excluding tert-OH is 2. The Kier molecular flexibility index (Phi) is 3.24. The second-order valence-electron chi connectivity index (χ2n) is 4.99. The van der Waals surface area contributed by atoms with Gasteiger partial charge in [0.25, 0.3) is 5.56 Å². The van der Waals surface area contributed by atoms with Gasteiger partial charge in [0.1, 0.15) is 11.7 Å². The zero-order valence-corrected chi connectivity index (χ0v) is 11.3. The van der Waals surface area contributed by atoms with E-state index in [4.69, 9.17) is 10.5 Å². The van der Waals surface area contributed by atoms with Crippen LogP contribution in [0.1, 0.15) is 6.23 Å². The van der Waals surface area contributed by atoms with E-state index in [-0.39, 0.29) is 17.1 Å². The van der Waals surface area contributed by atoms with E-state index in [0.29, 0.717) is 0 Å². The summed E-state index contributed by atoms with van der Waals surface area (Å²) in [5.74, 6) is -0.162. The smallest absolute Gasteiger partial charge is 0.280 e. The number of nitrogens with zero attached hydrogens (tertiary/aromatic N) is 3. The van der Waals surface area contributed by atoms with Crippen LogP contribution in [-0.4, -0.2) is 54.2 Å². The largest absolute Gasteiger partial charge is 0.393 e. The first-order valence-electron chi connectivity index (χ1n) is 6.40. The number of nitrogen functional groups attached to an aromatic ring is 1. The van der Waals surface area contributed by atoms with Crippen LogP contribution in [0.3, 0.4) is 0 Å². The predicted molar refractivity (Wildman–Crippen MR) is 73.6 cm³/mol. The van der Waals surface area contributed by atoms with Crippen LogP contribution in [0.25, 0.3) is 11.2 Å². The van der Waals surface area contributed by atoms with Crippen LogP contribution < -0.4 is 11.3 Å². The van der Waals surface area contributed by atoms with Crippen molar-refractivity contribution in [1.82, 2.24) is 19.5 Å². The van der Waals surface area contributed by atoms with Crippen LogP contribution in [0.2, 0.25) is 0 Å². The Morgan fingerprint density at radius 2 is 2.41 bits per heavy atom. The number of nitrogens with one attached hydrogen (secondary N) is 1. The number of ether oxygens (including phenoxy) is 1. The molecule has 3 rings (SSSR count). The van der Waals surface area contributed by atoms with Gasteiger partial charge in [-0.25, -0.2) is 9.37 Å². The lowest BCUT2D eigenvalue weighted by molar-refractivity contribution is -0.0960. The molecule has 1 fully saturated rings. The summed E-state index contributed by atoms with van der Waals surface area (Å²) in [5, 5.41) is 19.4. The van der Waals surface area contributed by atoms with Gasteiger partial charge in [0.15, 0.2) is 23.6 Å². The molecule has 0 bridgehead atoms. The normalized spacial score (nSPS) is 31.7. The highest BCUT2D eigenvalue weighted by Gasteiger charge is 2.54. The number of H-pyrrole nitrogens is 1. The number of aliphatic hydroxyl groups is 2. The number of imidazole rings is 1. The van der Waals surface area contributed by atoms with Crippen molar-refractivity contribution in [2.24, 2.45) is 0 Å². The second-order valence-corrected chi connectivity index (χ2v) is 4.99. The third kappa shape index (κ3) is 1.85. The minimum Gasteiger partial charge on any atom is -0.393 e. The zero-order valence-electron chi connectivity index (χ0n) is 11.3. The van der Waals surface area contributed by atoms with Crippen molar-refractivity contribution >= 4 is 17.1 Å². The molecule has 0 aliphatic carbocycles. The van der Waals surface area contributed by atoms with E-state index in [9.17, 15) is 19.4 Å². The maximum Gasteiger partial charge on any atom is 0.280 e. The molecular formula is C12H14FN5O4. The zero-order chi connectivity index (χ0) is 16.1. The number of nitrogens with two attached hydrogens (primary N) is 1. The minimum atomic E-state index is -1.88. The van der Waals surface area contributed by atoms with Crippen LogP contribution in [0, 0.1) is 0 Å². The van der Waals surface area contributed by atoms with E-state index in [2.05, 4.69) is 21.5 Å². The van der Waals surface area contributed by atoms with E-state index < -0.39 is 36.3 Å². The third-order valence-corrected chi connectivity index (χ3v) is 3.73. The molecule has 4 atom stereocenters. The Morgan fingerprint density at radius 1 is 1.68 bits per heavy atom. The minimum absolute atomic E-state index is 0.0129. The Balaban J connectivity index is 2.13. The average Bonchev–Trinajstić information content (AvgIpc) is 3.01. The Morgan fingerprint density at radius 3 is 3.00 bits per heavy atom. The Labute approximate surface area is 122 Å². The maximum absolute atomic E-state index is 14.4. The van der Waals surface area contributed by atoms with E-state index in [1.54, 1.807) is 0 Å². The fraction of sp³-hybridized carbons (Fsp3) is 0.417. The summed E-state index contributed by atoms with van der Waals surface area (Å²) in [7, 11) is 0. The highest BCUT2D eigenvalue weighted by molar-refractivity contribution is 5.70. The molecule has 22 heavy (non-hydrogen) atoms. The molecule has 3 heterocycles. The fourth-order valence-electron chi connectivity index (χ4n) is 2.49. The van der Waals surface area contributed by atoms with Gasteiger partial charge in [-0.2, -0.15) is 4.98 Å². The van der Waals surface area contributed by atoms with E-state index in [1.165, 1.54) is 0 Å². The number of hydrogen-bond acceptors (Lipinski definition) is 7. The first-order valence-corrected chi connectivity index (χ1v) is 6.40. The van der Waals surface area contributed by atoms with Crippen molar-refractivity contribution in [2.45, 2.75) is 24.1 Å². The molecule has 118 valence electrons. The Hall–Kier alpha value is -2.30. The first kappa shape index (κ1) is 14.6. The molecule has 0 radical (unpaired) electrons. The third-order valence-electron chi connectivity index (χ3n) is 3.73. The van der Waals surface area contributed by atoms with Crippen molar-refractivity contribution in [1.29, 1.82) is 0 Å². The van der Waals surface area contributed by atoms with Crippen LogP contribution in [0.5, 0.6) is 0 Å². The number of rotatable bonds is 3. The van der Waals surface area contributed by atoms with Crippen LogP contribution >= 0.6 is 0 Å². The first-order chi connectivity index (χ1) is 10.4. The molecular weight excluding hydrogens is 297 g/mol. The van der Waals surface area contributed by atoms with Crippen LogP contribution in [-0.2, 0) is 4.74 Å². The van der Waals surface area contributed by atoms with E-state index in [1.807, 2.05) is 0 Å². The summed E-state index contributed by atoms with van der Waals surface area (Å²) in [5.41, 5.74) is 3.22. The molecule has 1 aliphatic rings. The average molecular weight is 311 g/mol. The molecule has 1 aliphatic heterocycles. The van der Waals surface area contributed by atoms with E-state index in [0.717, 1.165) is 17.0 Å². The van der Waals surface area contributed by atoms with Gasteiger partial charge < -0.3 is 20.7 Å². The molecule has 4 unspecified atom stereocenters. The van der Waals surface area contributed by atoms with Gasteiger partial charge in [-0.05, 0) is 0 Å². The molecule has 0 aromatic carbocycles. The van der Waals surface area contributed by atoms with Crippen molar-refractivity contribution in [3.8, 4) is 0 Å². The molecule has 0 saturated carbocycles. The highest BCUT2D eigenvalue weighted by atomic mass is 19.1. The number of aromatic amines is 1. The fourth-order valence-corrected chi connectivity index (χ4v) is 2.49. The monoisotopic (exact) mass is 311 g/mol. The molecule has 0 amide bonds.